The van der Waals surface area contributed by atoms with Crippen LogP contribution in [-0.4, -0.2) is 0 Å². The number of hydrogen-bond acceptors (Lipinski definition) is 0. The largest absolute Gasteiger partial charge is 0.216 e. The predicted octanol–water partition coefficient (Wildman–Crippen LogP) is 2.38. The maximum atomic E-state index is 10.9. The number of halogens is 2. The van der Waals surface area contributed by atoms with E-state index in [1.165, 1.54) is 6.08 Å². The van der Waals surface area contributed by atoms with Crippen molar-refractivity contribution in [3.8, 4) is 0 Å². The van der Waals surface area contributed by atoms with Crippen LogP contribution in [0.1, 0.15) is 0 Å². The molecule has 0 atom stereocenters. The van der Waals surface area contributed by atoms with Crippen LogP contribution < -0.4 is 0 Å². The van der Waals surface area contributed by atoms with Crippen molar-refractivity contribution in [2.24, 2.45) is 0 Å². The van der Waals surface area contributed by atoms with Gasteiger partial charge in [-0.15, -0.1) is 0 Å². The highest BCUT2D eigenvalue weighted by molar-refractivity contribution is 9.11. The topological polar surface area (TPSA) is 0 Å². The molecule has 0 nitrogen and oxygen atoms in total. The highest BCUT2D eigenvalue weighted by Gasteiger charge is 1.53. The van der Waals surface area contributed by atoms with E-state index in [4.69, 9.17) is 0 Å². The Morgan fingerprint density at radius 1 is 1.33 bits per heavy atom. The van der Waals surface area contributed by atoms with Crippen LogP contribution in [-0.2, 0) is 0 Å². The van der Waals surface area contributed by atoms with Gasteiger partial charge < -0.3 is 0 Å². The van der Waals surface area contributed by atoms with E-state index in [2.05, 4.69) is 15.9 Å². The minimum Gasteiger partial charge on any atom is -0.216 e. The Morgan fingerprint density at radius 2 is 2.00 bits per heavy atom. The standard InChI is InChI=1S/C4H4BrF/c5-3-1-2-4-6/h1-4H. The zero-order valence-corrected chi connectivity index (χ0v) is 4.65. The van der Waals surface area contributed by atoms with Gasteiger partial charge >= 0.3 is 0 Å². The lowest BCUT2D eigenvalue weighted by Gasteiger charge is -1.58. The predicted molar refractivity (Wildman–Crippen MR) is 28.3 cm³/mol. The van der Waals surface area contributed by atoms with E-state index >= 15 is 0 Å². The Labute approximate surface area is 44.5 Å². The number of rotatable bonds is 1. The first kappa shape index (κ1) is 5.89. The van der Waals surface area contributed by atoms with E-state index < -0.39 is 0 Å². The van der Waals surface area contributed by atoms with Crippen molar-refractivity contribution in [1.82, 2.24) is 0 Å². The Kier molecular flexibility index (Phi) is 4.80. The summed E-state index contributed by atoms with van der Waals surface area (Å²) in [5, 5.41) is 0. The monoisotopic (exact) mass is 150 g/mol. The van der Waals surface area contributed by atoms with Crippen LogP contribution in [0.5, 0.6) is 0 Å². The molecule has 0 rings (SSSR count). The molecule has 0 radical (unpaired) electrons. The van der Waals surface area contributed by atoms with Crippen LogP contribution in [0.4, 0.5) is 4.39 Å². The van der Waals surface area contributed by atoms with Gasteiger partial charge in [0.25, 0.3) is 0 Å². The molecule has 0 amide bonds. The minimum atomic E-state index is 0.470. The Balaban J connectivity index is 3.07. The lowest BCUT2D eigenvalue weighted by molar-refractivity contribution is 0.721. The third kappa shape index (κ3) is 3.89. The van der Waals surface area contributed by atoms with Crippen molar-refractivity contribution in [2.75, 3.05) is 0 Å². The summed E-state index contributed by atoms with van der Waals surface area (Å²) < 4.78 is 10.9. The van der Waals surface area contributed by atoms with Crippen LogP contribution in [0.15, 0.2) is 23.5 Å². The second-order valence-corrected chi connectivity index (χ2v) is 1.17. The van der Waals surface area contributed by atoms with E-state index in [-0.39, 0.29) is 0 Å². The van der Waals surface area contributed by atoms with Gasteiger partial charge in [0.2, 0.25) is 0 Å². The summed E-state index contributed by atoms with van der Waals surface area (Å²) in [5.74, 6) is 0. The summed E-state index contributed by atoms with van der Waals surface area (Å²) in [5.41, 5.74) is 0. The molecule has 0 aliphatic heterocycles. The fourth-order valence-corrected chi connectivity index (χ4v) is 0.260. The zero-order valence-electron chi connectivity index (χ0n) is 3.07. The second kappa shape index (κ2) is 4.89. The molecule has 0 aromatic carbocycles. The van der Waals surface area contributed by atoms with Gasteiger partial charge in [0.1, 0.15) is 0 Å². The molecule has 0 aliphatic rings. The van der Waals surface area contributed by atoms with Gasteiger partial charge in [0.05, 0.1) is 6.33 Å². The average molecular weight is 151 g/mol. The van der Waals surface area contributed by atoms with Gasteiger partial charge in [-0.1, -0.05) is 22.0 Å². The Morgan fingerprint density at radius 3 is 2.17 bits per heavy atom. The van der Waals surface area contributed by atoms with Crippen LogP contribution in [0.2, 0.25) is 0 Å². The molecule has 34 valence electrons. The number of allylic oxidation sites excluding steroid dienone is 2. The lowest BCUT2D eigenvalue weighted by Crippen LogP contribution is -1.35. The molecule has 0 fully saturated rings. The number of hydrogen-bond donors (Lipinski definition) is 0. The van der Waals surface area contributed by atoms with E-state index in [0.29, 0.717) is 6.33 Å². The Bertz CT molecular complexity index is 55.9. The first-order valence-electron chi connectivity index (χ1n) is 1.44. The van der Waals surface area contributed by atoms with Crippen LogP contribution in [0, 0.1) is 0 Å². The molecular weight excluding hydrogens is 147 g/mol. The zero-order chi connectivity index (χ0) is 4.83. The summed E-state index contributed by atoms with van der Waals surface area (Å²) in [7, 11) is 0. The fraction of sp³-hybridized carbons (Fsp3) is 0. The van der Waals surface area contributed by atoms with E-state index in [1.807, 2.05) is 0 Å². The molecule has 0 saturated carbocycles. The molecule has 0 unspecified atom stereocenters. The molecule has 0 bridgehead atoms. The quantitative estimate of drug-likeness (QED) is 0.504. The van der Waals surface area contributed by atoms with Gasteiger partial charge in [-0.3, -0.25) is 0 Å². The molecule has 0 spiro atoms. The van der Waals surface area contributed by atoms with Crippen molar-refractivity contribution >= 4 is 15.9 Å². The van der Waals surface area contributed by atoms with Gasteiger partial charge in [-0.2, -0.15) is 0 Å². The molecule has 0 aromatic rings. The van der Waals surface area contributed by atoms with Crippen molar-refractivity contribution < 1.29 is 4.39 Å². The maximum Gasteiger partial charge on any atom is 0.0867 e. The second-order valence-electron chi connectivity index (χ2n) is 0.637. The van der Waals surface area contributed by atoms with E-state index in [1.54, 1.807) is 11.1 Å². The molecule has 2 heteroatoms. The van der Waals surface area contributed by atoms with E-state index in [9.17, 15) is 4.39 Å². The molecule has 0 N–H and O–H groups in total. The van der Waals surface area contributed by atoms with Gasteiger partial charge in [-0.25, -0.2) is 4.39 Å². The molecule has 0 aliphatic carbocycles. The third-order valence-corrected chi connectivity index (χ3v) is 0.562. The molecular formula is C4H4BrF. The summed E-state index contributed by atoms with van der Waals surface area (Å²) in [4.78, 5) is 1.57. The SMILES string of the molecule is FC=CC=CBr. The van der Waals surface area contributed by atoms with Crippen molar-refractivity contribution in [3.63, 3.8) is 0 Å². The highest BCUT2D eigenvalue weighted by Crippen LogP contribution is 1.82. The molecule has 0 heterocycles. The van der Waals surface area contributed by atoms with Crippen molar-refractivity contribution in [1.29, 1.82) is 0 Å². The molecule has 0 saturated heterocycles. The highest BCUT2D eigenvalue weighted by atomic mass is 79.9. The van der Waals surface area contributed by atoms with Crippen molar-refractivity contribution in [3.05, 3.63) is 23.5 Å². The molecule has 0 aromatic heterocycles. The first-order valence-corrected chi connectivity index (χ1v) is 2.35. The van der Waals surface area contributed by atoms with Gasteiger partial charge in [0.15, 0.2) is 0 Å². The fourth-order valence-electron chi connectivity index (χ4n) is 0.0840. The summed E-state index contributed by atoms with van der Waals surface area (Å²) >= 11 is 2.95. The average Bonchev–Trinajstić information content (AvgIpc) is 1.61. The van der Waals surface area contributed by atoms with Gasteiger partial charge in [0, 0.05) is 0 Å². The van der Waals surface area contributed by atoms with Crippen LogP contribution in [0.25, 0.3) is 0 Å². The summed E-state index contributed by atoms with van der Waals surface area (Å²) in [6, 6.07) is 0. The normalized spacial score (nSPS) is 11.7. The Hall–Kier alpha value is -0.110. The minimum absolute atomic E-state index is 0.470. The third-order valence-electron chi connectivity index (χ3n) is 0.257. The molecule has 6 heavy (non-hydrogen) atoms. The van der Waals surface area contributed by atoms with Crippen molar-refractivity contribution in [2.45, 2.75) is 0 Å². The summed E-state index contributed by atoms with van der Waals surface area (Å²) in [6.07, 6.45) is 3.30. The maximum absolute atomic E-state index is 10.9. The smallest absolute Gasteiger partial charge is 0.0867 e. The van der Waals surface area contributed by atoms with Crippen LogP contribution in [0.3, 0.4) is 0 Å². The van der Waals surface area contributed by atoms with Crippen LogP contribution >= 0.6 is 15.9 Å². The van der Waals surface area contributed by atoms with E-state index in [0.717, 1.165) is 0 Å². The van der Waals surface area contributed by atoms with Gasteiger partial charge in [-0.05, 0) is 11.1 Å². The first-order chi connectivity index (χ1) is 2.91. The lowest BCUT2D eigenvalue weighted by atomic mass is 10.6. The summed E-state index contributed by atoms with van der Waals surface area (Å²) in [6.45, 7) is 0.